The van der Waals surface area contributed by atoms with Crippen molar-refractivity contribution in [3.8, 4) is 5.75 Å². The second kappa shape index (κ2) is 12.9. The molecule has 0 bridgehead atoms. The molecule has 0 aliphatic rings. The maximum atomic E-state index is 5.98. The minimum Gasteiger partial charge on any atom is -0.493 e. The summed E-state index contributed by atoms with van der Waals surface area (Å²) in [5, 5.41) is 6.75. The minimum absolute atomic E-state index is 0.114. The molecule has 0 amide bonds. The van der Waals surface area contributed by atoms with Crippen LogP contribution in [0.15, 0.2) is 46.0 Å². The van der Waals surface area contributed by atoms with Crippen LogP contribution in [0.2, 0.25) is 0 Å². The van der Waals surface area contributed by atoms with E-state index >= 15 is 0 Å². The summed E-state index contributed by atoms with van der Waals surface area (Å²) in [6.07, 6.45) is 2.56. The molecule has 1 aromatic heterocycles. The average Bonchev–Trinajstić information content (AvgIpc) is 3.24. The van der Waals surface area contributed by atoms with Crippen molar-refractivity contribution in [2.45, 2.75) is 32.9 Å². The van der Waals surface area contributed by atoms with E-state index in [1.165, 1.54) is 5.56 Å². The summed E-state index contributed by atoms with van der Waals surface area (Å²) in [5.74, 6) is 2.57. The largest absolute Gasteiger partial charge is 0.493 e. The molecule has 1 aromatic carbocycles. The van der Waals surface area contributed by atoms with E-state index in [1.807, 2.05) is 26.2 Å². The fourth-order valence-electron chi connectivity index (χ4n) is 3.03. The van der Waals surface area contributed by atoms with Gasteiger partial charge in [-0.3, -0.25) is 4.90 Å². The quantitative estimate of drug-likeness (QED) is 0.314. The van der Waals surface area contributed by atoms with Crippen molar-refractivity contribution in [3.05, 3.63) is 53.5 Å². The Morgan fingerprint density at radius 2 is 2.03 bits per heavy atom. The number of ether oxygens (including phenoxy) is 2. The van der Waals surface area contributed by atoms with E-state index < -0.39 is 0 Å². The third kappa shape index (κ3) is 7.72. The van der Waals surface area contributed by atoms with Gasteiger partial charge in [0.25, 0.3) is 0 Å². The van der Waals surface area contributed by atoms with E-state index in [4.69, 9.17) is 18.9 Å². The topological polar surface area (TPSA) is 71.3 Å². The minimum atomic E-state index is 0.114. The van der Waals surface area contributed by atoms with E-state index in [0.717, 1.165) is 36.0 Å². The highest BCUT2D eigenvalue weighted by Crippen LogP contribution is 2.22. The SMILES string of the molecule is CCNC(=NCc1ccc(C)cc1OCCCOC)NCC(c1ccco1)N(C)C. The zero-order chi connectivity index (χ0) is 21.8. The van der Waals surface area contributed by atoms with Crippen LogP contribution in [0, 0.1) is 6.92 Å². The molecule has 1 heterocycles. The maximum absolute atomic E-state index is 5.98. The third-order valence-corrected chi connectivity index (χ3v) is 4.68. The van der Waals surface area contributed by atoms with Gasteiger partial charge < -0.3 is 24.5 Å². The van der Waals surface area contributed by atoms with Gasteiger partial charge in [-0.15, -0.1) is 0 Å². The van der Waals surface area contributed by atoms with Gasteiger partial charge in [0.1, 0.15) is 11.5 Å². The smallest absolute Gasteiger partial charge is 0.191 e. The lowest BCUT2D eigenvalue weighted by Crippen LogP contribution is -2.41. The Bertz CT molecular complexity index is 760. The molecule has 166 valence electrons. The summed E-state index contributed by atoms with van der Waals surface area (Å²) in [7, 11) is 5.78. The first-order chi connectivity index (χ1) is 14.5. The second-order valence-corrected chi connectivity index (χ2v) is 7.38. The number of guanidine groups is 1. The van der Waals surface area contributed by atoms with Crippen LogP contribution in [0.25, 0.3) is 0 Å². The van der Waals surface area contributed by atoms with Crippen LogP contribution >= 0.6 is 0 Å². The number of nitrogens with one attached hydrogen (secondary N) is 2. The highest BCUT2D eigenvalue weighted by Gasteiger charge is 2.17. The number of aryl methyl sites for hydroxylation is 1. The first kappa shape index (κ1) is 23.8. The lowest BCUT2D eigenvalue weighted by molar-refractivity contribution is 0.172. The van der Waals surface area contributed by atoms with E-state index in [9.17, 15) is 0 Å². The lowest BCUT2D eigenvalue weighted by Gasteiger charge is -2.23. The molecule has 2 N–H and O–H groups in total. The van der Waals surface area contributed by atoms with Gasteiger partial charge >= 0.3 is 0 Å². The Morgan fingerprint density at radius 3 is 2.70 bits per heavy atom. The molecule has 0 aliphatic heterocycles. The second-order valence-electron chi connectivity index (χ2n) is 7.38. The predicted molar refractivity (Wildman–Crippen MR) is 121 cm³/mol. The van der Waals surface area contributed by atoms with Crippen LogP contribution in [-0.4, -0.2) is 58.4 Å². The summed E-state index contributed by atoms with van der Waals surface area (Å²) in [6, 6.07) is 10.3. The zero-order valence-corrected chi connectivity index (χ0v) is 18.9. The summed E-state index contributed by atoms with van der Waals surface area (Å²) in [6.45, 7) is 7.44. The van der Waals surface area contributed by atoms with E-state index in [2.05, 4.69) is 47.6 Å². The molecule has 0 fully saturated rings. The van der Waals surface area contributed by atoms with Gasteiger partial charge in [0.2, 0.25) is 0 Å². The van der Waals surface area contributed by atoms with Gasteiger partial charge in [-0.05, 0) is 51.7 Å². The van der Waals surface area contributed by atoms with Crippen molar-refractivity contribution >= 4 is 5.96 Å². The van der Waals surface area contributed by atoms with Gasteiger partial charge in [-0.25, -0.2) is 4.99 Å². The molecular weight excluding hydrogens is 380 g/mol. The highest BCUT2D eigenvalue weighted by atomic mass is 16.5. The molecule has 0 spiro atoms. The predicted octanol–water partition coefficient (Wildman–Crippen LogP) is 3.36. The van der Waals surface area contributed by atoms with Crippen molar-refractivity contribution in [3.63, 3.8) is 0 Å². The van der Waals surface area contributed by atoms with Gasteiger partial charge in [0, 0.05) is 38.8 Å². The number of aliphatic imine (C=N–C) groups is 1. The molecular formula is C23H36N4O3. The molecule has 1 unspecified atom stereocenters. The van der Waals surface area contributed by atoms with Crippen LogP contribution in [0.5, 0.6) is 5.75 Å². The van der Waals surface area contributed by atoms with Crippen molar-refractivity contribution < 1.29 is 13.9 Å². The number of likely N-dealkylation sites (N-methyl/N-ethyl adjacent to an activating group) is 1. The van der Waals surface area contributed by atoms with Crippen LogP contribution < -0.4 is 15.4 Å². The first-order valence-electron chi connectivity index (χ1n) is 10.5. The van der Waals surface area contributed by atoms with Gasteiger partial charge in [-0.1, -0.05) is 12.1 Å². The van der Waals surface area contributed by atoms with Crippen LogP contribution in [0.3, 0.4) is 0 Å². The van der Waals surface area contributed by atoms with Crippen molar-refractivity contribution in [1.29, 1.82) is 0 Å². The van der Waals surface area contributed by atoms with Gasteiger partial charge in [0.15, 0.2) is 5.96 Å². The van der Waals surface area contributed by atoms with Crippen molar-refractivity contribution in [2.75, 3.05) is 47.5 Å². The Kier molecular flexibility index (Phi) is 10.2. The number of hydrogen-bond donors (Lipinski definition) is 2. The van der Waals surface area contributed by atoms with Crippen LogP contribution in [0.4, 0.5) is 0 Å². The number of furan rings is 1. The molecule has 2 aromatic rings. The average molecular weight is 417 g/mol. The van der Waals surface area contributed by atoms with Gasteiger partial charge in [0.05, 0.1) is 25.5 Å². The molecule has 30 heavy (non-hydrogen) atoms. The Labute approximate surface area is 180 Å². The fraction of sp³-hybridized carbons (Fsp3) is 0.522. The third-order valence-electron chi connectivity index (χ3n) is 4.68. The summed E-state index contributed by atoms with van der Waals surface area (Å²) < 4.78 is 16.7. The van der Waals surface area contributed by atoms with Crippen LogP contribution in [0.1, 0.15) is 36.3 Å². The summed E-state index contributed by atoms with van der Waals surface area (Å²) in [5.41, 5.74) is 2.23. The molecule has 7 heteroatoms. The summed E-state index contributed by atoms with van der Waals surface area (Å²) in [4.78, 5) is 6.90. The number of methoxy groups -OCH3 is 1. The number of nitrogens with zero attached hydrogens (tertiary/aromatic N) is 2. The number of rotatable bonds is 12. The zero-order valence-electron chi connectivity index (χ0n) is 18.9. The molecule has 0 aliphatic carbocycles. The number of hydrogen-bond acceptors (Lipinski definition) is 5. The van der Waals surface area contributed by atoms with Gasteiger partial charge in [-0.2, -0.15) is 0 Å². The molecule has 1 atom stereocenters. The normalized spacial score (nSPS) is 12.8. The standard InChI is InChI=1S/C23H36N4O3/c1-6-24-23(26-17-20(27(3)4)21-9-7-13-29-21)25-16-19-11-10-18(2)15-22(19)30-14-8-12-28-5/h7,9-11,13,15,20H,6,8,12,14,16-17H2,1-5H3,(H2,24,25,26). The Balaban J connectivity index is 2.04. The van der Waals surface area contributed by atoms with Crippen molar-refractivity contribution in [1.82, 2.24) is 15.5 Å². The Morgan fingerprint density at radius 1 is 1.20 bits per heavy atom. The molecule has 7 nitrogen and oxygen atoms in total. The first-order valence-corrected chi connectivity index (χ1v) is 10.5. The van der Waals surface area contributed by atoms with E-state index in [0.29, 0.717) is 26.3 Å². The van der Waals surface area contributed by atoms with E-state index in [-0.39, 0.29) is 6.04 Å². The van der Waals surface area contributed by atoms with Crippen LogP contribution in [-0.2, 0) is 11.3 Å². The molecule has 0 radical (unpaired) electrons. The summed E-state index contributed by atoms with van der Waals surface area (Å²) >= 11 is 0. The monoisotopic (exact) mass is 416 g/mol. The molecule has 2 rings (SSSR count). The van der Waals surface area contributed by atoms with Crippen molar-refractivity contribution in [2.24, 2.45) is 4.99 Å². The highest BCUT2D eigenvalue weighted by molar-refractivity contribution is 5.79. The lowest BCUT2D eigenvalue weighted by atomic mass is 10.1. The van der Waals surface area contributed by atoms with E-state index in [1.54, 1.807) is 13.4 Å². The molecule has 0 saturated heterocycles. The fourth-order valence-corrected chi connectivity index (χ4v) is 3.03. The number of benzene rings is 1. The molecule has 0 saturated carbocycles. The maximum Gasteiger partial charge on any atom is 0.191 e. The Hall–Kier alpha value is -2.51.